The molecule has 2 N–H and O–H groups in total. The second kappa shape index (κ2) is 7.36. The van der Waals surface area contributed by atoms with E-state index in [1.54, 1.807) is 36.4 Å². The highest BCUT2D eigenvalue weighted by Crippen LogP contribution is 2.30. The maximum atomic E-state index is 11.9. The molecule has 0 aromatic heterocycles. The maximum absolute atomic E-state index is 11.9. The number of hydrogen-bond acceptors (Lipinski definition) is 2. The normalized spacial score (nSPS) is 10.3. The Labute approximate surface area is 145 Å². The van der Waals surface area contributed by atoms with Gasteiger partial charge in [0.2, 0.25) is 5.91 Å². The average molecular weight is 409 g/mol. The Morgan fingerprint density at radius 3 is 2.43 bits per heavy atom. The Kier molecular flexibility index (Phi) is 5.76. The van der Waals surface area contributed by atoms with E-state index in [1.165, 1.54) is 0 Å². The van der Waals surface area contributed by atoms with Gasteiger partial charge in [-0.25, -0.2) is 0 Å². The van der Waals surface area contributed by atoms with Gasteiger partial charge in [-0.1, -0.05) is 40.9 Å². The van der Waals surface area contributed by atoms with Crippen LogP contribution < -0.4 is 10.6 Å². The summed E-state index contributed by atoms with van der Waals surface area (Å²) < 4.78 is 0.815. The fraction of sp³-hybridized carbons (Fsp3) is 0.0714. The molecule has 0 saturated carbocycles. The van der Waals surface area contributed by atoms with Crippen LogP contribution in [0.15, 0.2) is 40.9 Å². The molecular weight excluding hydrogens is 398 g/mol. The zero-order valence-corrected chi connectivity index (χ0v) is 14.4. The largest absolute Gasteiger partial charge is 0.375 e. The number of para-hydroxylation sites is 1. The summed E-state index contributed by atoms with van der Waals surface area (Å²) in [5, 5.41) is 7.01. The van der Waals surface area contributed by atoms with Gasteiger partial charge in [0.1, 0.15) is 0 Å². The topological polar surface area (TPSA) is 41.1 Å². The molecule has 0 heterocycles. The summed E-state index contributed by atoms with van der Waals surface area (Å²) in [6.07, 6.45) is 0. The second-order valence-electron chi connectivity index (χ2n) is 4.12. The van der Waals surface area contributed by atoms with Crippen molar-refractivity contribution in [1.29, 1.82) is 0 Å². The molecule has 0 spiro atoms. The third-order valence-electron chi connectivity index (χ3n) is 2.59. The summed E-state index contributed by atoms with van der Waals surface area (Å²) >= 11 is 21.3. The number of hydrogen-bond donors (Lipinski definition) is 2. The molecule has 3 nitrogen and oxygen atoms in total. The Hall–Kier alpha value is -0.940. The molecule has 0 saturated heterocycles. The second-order valence-corrected chi connectivity index (χ2v) is 6.23. The van der Waals surface area contributed by atoms with Gasteiger partial charge >= 0.3 is 0 Å². The third-order valence-corrected chi connectivity index (χ3v) is 4.15. The Morgan fingerprint density at radius 1 is 1.10 bits per heavy atom. The molecule has 110 valence electrons. The zero-order valence-electron chi connectivity index (χ0n) is 10.6. The predicted molar refractivity (Wildman–Crippen MR) is 92.7 cm³/mol. The monoisotopic (exact) mass is 406 g/mol. The van der Waals surface area contributed by atoms with Gasteiger partial charge in [-0.15, -0.1) is 0 Å². The summed E-state index contributed by atoms with van der Waals surface area (Å²) in [4.78, 5) is 11.9. The van der Waals surface area contributed by atoms with Gasteiger partial charge in [0.15, 0.2) is 0 Å². The number of anilines is 2. The minimum absolute atomic E-state index is 0.0560. The smallest absolute Gasteiger partial charge is 0.243 e. The molecule has 0 aliphatic heterocycles. The van der Waals surface area contributed by atoms with Crippen molar-refractivity contribution in [3.8, 4) is 0 Å². The van der Waals surface area contributed by atoms with Gasteiger partial charge < -0.3 is 10.6 Å². The first kappa shape index (κ1) is 16.4. The molecule has 0 bridgehead atoms. The lowest BCUT2D eigenvalue weighted by Gasteiger charge is -2.11. The van der Waals surface area contributed by atoms with E-state index >= 15 is 0 Å². The summed E-state index contributed by atoms with van der Waals surface area (Å²) in [6.45, 7) is 0.0560. The molecule has 0 fully saturated rings. The molecule has 0 unspecified atom stereocenters. The molecule has 0 aliphatic rings. The number of amides is 1. The van der Waals surface area contributed by atoms with Crippen molar-refractivity contribution < 1.29 is 4.79 Å². The lowest BCUT2D eigenvalue weighted by Crippen LogP contribution is -2.22. The highest BCUT2D eigenvalue weighted by Gasteiger charge is 2.10. The van der Waals surface area contributed by atoms with Crippen LogP contribution in [-0.2, 0) is 4.79 Å². The van der Waals surface area contributed by atoms with Gasteiger partial charge in [0.25, 0.3) is 0 Å². The van der Waals surface area contributed by atoms with Gasteiger partial charge in [0, 0.05) is 9.50 Å². The standard InChI is InChI=1S/C14H10BrCl3N2O/c15-9-5-4-8(16)6-12(9)19-7-13(21)20-14-10(17)2-1-3-11(14)18/h1-6,19H,7H2,(H,20,21). The number of halogens is 4. The van der Waals surface area contributed by atoms with Crippen LogP contribution in [0.2, 0.25) is 15.1 Å². The van der Waals surface area contributed by atoms with Crippen molar-refractivity contribution in [3.63, 3.8) is 0 Å². The SMILES string of the molecule is O=C(CNc1cc(Cl)ccc1Br)Nc1c(Cl)cccc1Cl. The molecule has 0 aliphatic carbocycles. The van der Waals surface area contributed by atoms with Crippen molar-refractivity contribution in [2.45, 2.75) is 0 Å². The highest BCUT2D eigenvalue weighted by atomic mass is 79.9. The molecule has 0 radical (unpaired) electrons. The summed E-state index contributed by atoms with van der Waals surface area (Å²) in [6, 6.07) is 10.3. The van der Waals surface area contributed by atoms with Crippen LogP contribution in [0.5, 0.6) is 0 Å². The number of rotatable bonds is 4. The Balaban J connectivity index is 2.01. The van der Waals surface area contributed by atoms with E-state index < -0.39 is 0 Å². The van der Waals surface area contributed by atoms with Crippen LogP contribution in [0.3, 0.4) is 0 Å². The molecule has 7 heteroatoms. The number of benzene rings is 2. The van der Waals surface area contributed by atoms with Crippen LogP contribution >= 0.6 is 50.7 Å². The van der Waals surface area contributed by atoms with Crippen molar-refractivity contribution in [2.75, 3.05) is 17.2 Å². The van der Waals surface area contributed by atoms with Crippen molar-refractivity contribution in [2.24, 2.45) is 0 Å². The predicted octanol–water partition coefficient (Wildman–Crippen LogP) is 5.46. The molecule has 1 amide bonds. The van der Waals surface area contributed by atoms with E-state index in [0.29, 0.717) is 20.8 Å². The van der Waals surface area contributed by atoms with E-state index in [1.807, 2.05) is 0 Å². The number of nitrogens with one attached hydrogen (secondary N) is 2. The first-order valence-electron chi connectivity index (χ1n) is 5.90. The van der Waals surface area contributed by atoms with Crippen molar-refractivity contribution in [3.05, 3.63) is 55.9 Å². The fourth-order valence-electron chi connectivity index (χ4n) is 1.61. The van der Waals surface area contributed by atoms with Crippen molar-refractivity contribution >= 4 is 68.0 Å². The molecule has 2 aromatic rings. The Bertz CT molecular complexity index is 659. The molecule has 2 aromatic carbocycles. The summed E-state index contributed by atoms with van der Waals surface area (Å²) in [7, 11) is 0. The van der Waals surface area contributed by atoms with Gasteiger partial charge in [0.05, 0.1) is 28.0 Å². The van der Waals surface area contributed by atoms with E-state index in [-0.39, 0.29) is 12.5 Å². The number of carbonyl (C=O) groups is 1. The van der Waals surface area contributed by atoms with E-state index in [9.17, 15) is 4.79 Å². The molecular formula is C14H10BrCl3N2O. The lowest BCUT2D eigenvalue weighted by atomic mass is 10.3. The molecule has 0 atom stereocenters. The van der Waals surface area contributed by atoms with Gasteiger partial charge in [-0.2, -0.15) is 0 Å². The van der Waals surface area contributed by atoms with Gasteiger partial charge in [-0.3, -0.25) is 4.79 Å². The maximum Gasteiger partial charge on any atom is 0.243 e. The first-order valence-corrected chi connectivity index (χ1v) is 7.83. The van der Waals surface area contributed by atoms with E-state index in [4.69, 9.17) is 34.8 Å². The average Bonchev–Trinajstić information content (AvgIpc) is 2.44. The quantitative estimate of drug-likeness (QED) is 0.705. The minimum Gasteiger partial charge on any atom is -0.375 e. The first-order chi connectivity index (χ1) is 9.97. The van der Waals surface area contributed by atoms with Gasteiger partial charge in [-0.05, 0) is 46.3 Å². The molecule has 21 heavy (non-hydrogen) atoms. The molecule has 2 rings (SSSR count). The van der Waals surface area contributed by atoms with Crippen LogP contribution in [-0.4, -0.2) is 12.5 Å². The van der Waals surface area contributed by atoms with Crippen LogP contribution in [0, 0.1) is 0 Å². The van der Waals surface area contributed by atoms with Crippen LogP contribution in [0.4, 0.5) is 11.4 Å². The summed E-state index contributed by atoms with van der Waals surface area (Å²) in [5.41, 5.74) is 1.13. The Morgan fingerprint density at radius 2 is 1.76 bits per heavy atom. The van der Waals surface area contributed by atoms with Crippen LogP contribution in [0.25, 0.3) is 0 Å². The van der Waals surface area contributed by atoms with E-state index in [2.05, 4.69) is 26.6 Å². The zero-order chi connectivity index (χ0) is 15.4. The van der Waals surface area contributed by atoms with Crippen LogP contribution in [0.1, 0.15) is 0 Å². The fourth-order valence-corrected chi connectivity index (χ4v) is 2.66. The highest BCUT2D eigenvalue weighted by molar-refractivity contribution is 9.10. The van der Waals surface area contributed by atoms with E-state index in [0.717, 1.165) is 10.2 Å². The summed E-state index contributed by atoms with van der Waals surface area (Å²) in [5.74, 6) is -0.267. The minimum atomic E-state index is -0.267. The van der Waals surface area contributed by atoms with Crippen molar-refractivity contribution in [1.82, 2.24) is 0 Å². The number of carbonyl (C=O) groups excluding carboxylic acids is 1. The lowest BCUT2D eigenvalue weighted by molar-refractivity contribution is -0.114. The third kappa shape index (κ3) is 4.51.